The van der Waals surface area contributed by atoms with Gasteiger partial charge in [-0.1, -0.05) is 0 Å². The zero-order valence-corrected chi connectivity index (χ0v) is 10.8. The van der Waals surface area contributed by atoms with E-state index in [9.17, 15) is 20.4 Å². The second-order valence-corrected chi connectivity index (χ2v) is 4.80. The molecule has 5 atom stereocenters. The van der Waals surface area contributed by atoms with Gasteiger partial charge >= 0.3 is 0 Å². The molecule has 1 saturated heterocycles. The Kier molecular flexibility index (Phi) is 3.47. The van der Waals surface area contributed by atoms with Crippen molar-refractivity contribution >= 4 is 17.0 Å². The summed E-state index contributed by atoms with van der Waals surface area (Å²) in [5.41, 5.74) is 6.32. The first kappa shape index (κ1) is 14.1. The van der Waals surface area contributed by atoms with Crippen LogP contribution >= 0.6 is 0 Å². The standard InChI is InChI=1S/C11H15N5O5/c12-9-5-10(14-2-13-9)16(3-15-5)11-8(20)7(19)6(18)4(1-17)21-11/h2-4,6-8,11,17-20H,1H2,(H2,12,13,14)/t4-,6-,7+,8-,11?/m1/s1. The smallest absolute Gasteiger partial charge is 0.167 e. The van der Waals surface area contributed by atoms with Crippen molar-refractivity contribution in [3.8, 4) is 0 Å². The van der Waals surface area contributed by atoms with Crippen LogP contribution in [0.5, 0.6) is 0 Å². The number of hydrogen-bond acceptors (Lipinski definition) is 9. The van der Waals surface area contributed by atoms with E-state index in [2.05, 4.69) is 15.0 Å². The van der Waals surface area contributed by atoms with Crippen LogP contribution < -0.4 is 5.73 Å². The van der Waals surface area contributed by atoms with E-state index in [1.54, 1.807) is 0 Å². The molecular weight excluding hydrogens is 282 g/mol. The average Bonchev–Trinajstić information content (AvgIpc) is 2.91. The fourth-order valence-electron chi connectivity index (χ4n) is 2.37. The van der Waals surface area contributed by atoms with Gasteiger partial charge in [-0.2, -0.15) is 0 Å². The molecule has 0 amide bonds. The quantitative estimate of drug-likeness (QED) is 0.400. The maximum Gasteiger partial charge on any atom is 0.167 e. The predicted molar refractivity (Wildman–Crippen MR) is 68.8 cm³/mol. The van der Waals surface area contributed by atoms with Gasteiger partial charge in [0.25, 0.3) is 0 Å². The first-order valence-electron chi connectivity index (χ1n) is 6.28. The number of aliphatic hydroxyl groups excluding tert-OH is 4. The van der Waals surface area contributed by atoms with E-state index in [1.807, 2.05) is 0 Å². The molecule has 0 aliphatic carbocycles. The number of aromatic nitrogens is 4. The zero-order valence-electron chi connectivity index (χ0n) is 10.8. The van der Waals surface area contributed by atoms with E-state index >= 15 is 0 Å². The highest BCUT2D eigenvalue weighted by Crippen LogP contribution is 2.30. The van der Waals surface area contributed by atoms with Gasteiger partial charge in [0.05, 0.1) is 12.9 Å². The summed E-state index contributed by atoms with van der Waals surface area (Å²) in [6.45, 7) is -0.509. The van der Waals surface area contributed by atoms with E-state index in [0.717, 1.165) is 0 Å². The lowest BCUT2D eigenvalue weighted by Gasteiger charge is -2.40. The number of nitrogens with two attached hydrogens (primary N) is 1. The second-order valence-electron chi connectivity index (χ2n) is 4.80. The van der Waals surface area contributed by atoms with Crippen LogP contribution in [0.4, 0.5) is 5.82 Å². The van der Waals surface area contributed by atoms with Gasteiger partial charge in [-0.15, -0.1) is 0 Å². The number of ether oxygens (including phenoxy) is 1. The summed E-state index contributed by atoms with van der Waals surface area (Å²) in [6, 6.07) is 0. The molecule has 3 rings (SSSR count). The molecule has 3 heterocycles. The van der Waals surface area contributed by atoms with Gasteiger partial charge in [0.15, 0.2) is 17.7 Å². The van der Waals surface area contributed by atoms with Crippen molar-refractivity contribution in [1.29, 1.82) is 0 Å². The Balaban J connectivity index is 2.03. The Morgan fingerprint density at radius 2 is 1.90 bits per heavy atom. The number of imidazole rings is 1. The Morgan fingerprint density at radius 3 is 2.62 bits per heavy atom. The van der Waals surface area contributed by atoms with Crippen molar-refractivity contribution in [2.45, 2.75) is 30.6 Å². The fourth-order valence-corrected chi connectivity index (χ4v) is 2.37. The maximum atomic E-state index is 10.1. The number of fused-ring (bicyclic) bond motifs is 1. The number of nitrogens with zero attached hydrogens (tertiary/aromatic N) is 4. The largest absolute Gasteiger partial charge is 0.394 e. The minimum atomic E-state index is -1.47. The lowest BCUT2D eigenvalue weighted by Crippen LogP contribution is -2.56. The molecule has 10 heteroatoms. The van der Waals surface area contributed by atoms with Crippen LogP contribution in [0.25, 0.3) is 11.2 Å². The molecule has 1 aliphatic heterocycles. The van der Waals surface area contributed by atoms with Crippen LogP contribution in [-0.2, 0) is 4.74 Å². The number of nitrogen functional groups attached to an aromatic ring is 1. The summed E-state index contributed by atoms with van der Waals surface area (Å²) in [4.78, 5) is 11.9. The van der Waals surface area contributed by atoms with Crippen molar-refractivity contribution in [1.82, 2.24) is 19.5 Å². The molecule has 114 valence electrons. The number of hydrogen-bond donors (Lipinski definition) is 5. The normalized spacial score (nSPS) is 33.4. The van der Waals surface area contributed by atoms with Crippen molar-refractivity contribution in [3.63, 3.8) is 0 Å². The topological polar surface area (TPSA) is 160 Å². The second kappa shape index (κ2) is 5.16. The number of aliphatic hydroxyl groups is 4. The SMILES string of the molecule is Nc1ncnc2c1ncn2C1O[C@H](CO)[C@@H](O)[C@H](O)[C@H]1O. The monoisotopic (exact) mass is 297 g/mol. The third-order valence-electron chi connectivity index (χ3n) is 3.53. The van der Waals surface area contributed by atoms with Gasteiger partial charge in [-0.05, 0) is 0 Å². The molecule has 0 bridgehead atoms. The Morgan fingerprint density at radius 1 is 1.14 bits per heavy atom. The minimum absolute atomic E-state index is 0.170. The first-order chi connectivity index (χ1) is 10.0. The van der Waals surface area contributed by atoms with Crippen molar-refractivity contribution in [2.75, 3.05) is 12.3 Å². The lowest BCUT2D eigenvalue weighted by molar-refractivity contribution is -0.250. The van der Waals surface area contributed by atoms with Crippen molar-refractivity contribution in [2.24, 2.45) is 0 Å². The molecule has 1 unspecified atom stereocenters. The van der Waals surface area contributed by atoms with E-state index in [4.69, 9.17) is 10.5 Å². The molecule has 1 aliphatic rings. The third kappa shape index (κ3) is 2.13. The summed E-state index contributed by atoms with van der Waals surface area (Å²) < 4.78 is 6.81. The molecule has 0 spiro atoms. The highest BCUT2D eigenvalue weighted by atomic mass is 16.6. The van der Waals surface area contributed by atoms with Crippen LogP contribution in [0.2, 0.25) is 0 Å². The van der Waals surface area contributed by atoms with Crippen LogP contribution in [0.15, 0.2) is 12.7 Å². The summed E-state index contributed by atoms with van der Waals surface area (Å²) in [5.74, 6) is 0.170. The first-order valence-corrected chi connectivity index (χ1v) is 6.28. The van der Waals surface area contributed by atoms with Gasteiger partial charge in [0.2, 0.25) is 0 Å². The van der Waals surface area contributed by atoms with Gasteiger partial charge in [0.1, 0.15) is 36.3 Å². The minimum Gasteiger partial charge on any atom is -0.394 e. The van der Waals surface area contributed by atoms with E-state index in [0.29, 0.717) is 11.2 Å². The summed E-state index contributed by atoms with van der Waals surface area (Å²) in [7, 11) is 0. The predicted octanol–water partition coefficient (Wildman–Crippen LogP) is -2.62. The van der Waals surface area contributed by atoms with Crippen LogP contribution in [-0.4, -0.2) is 71.0 Å². The molecule has 1 fully saturated rings. The maximum absolute atomic E-state index is 10.1. The van der Waals surface area contributed by atoms with Gasteiger partial charge in [-0.25, -0.2) is 15.0 Å². The van der Waals surface area contributed by atoms with Crippen LogP contribution in [0.1, 0.15) is 6.23 Å². The van der Waals surface area contributed by atoms with E-state index < -0.39 is 37.3 Å². The van der Waals surface area contributed by atoms with Crippen molar-refractivity contribution < 1.29 is 25.2 Å². The molecule has 2 aromatic rings. The Bertz CT molecular complexity index is 647. The summed E-state index contributed by atoms with van der Waals surface area (Å²) in [5, 5.41) is 38.8. The number of rotatable bonds is 2. The molecule has 0 saturated carbocycles. The Labute approximate surface area is 118 Å². The Hall–Kier alpha value is -1.85. The molecule has 2 aromatic heterocycles. The lowest BCUT2D eigenvalue weighted by atomic mass is 9.98. The van der Waals surface area contributed by atoms with Crippen molar-refractivity contribution in [3.05, 3.63) is 12.7 Å². The van der Waals surface area contributed by atoms with E-state index in [1.165, 1.54) is 17.2 Å². The molecule has 0 radical (unpaired) electrons. The highest BCUT2D eigenvalue weighted by Gasteiger charge is 2.44. The molecule has 0 aromatic carbocycles. The van der Waals surface area contributed by atoms with Gasteiger partial charge in [0, 0.05) is 0 Å². The summed E-state index contributed by atoms with van der Waals surface area (Å²) >= 11 is 0. The summed E-state index contributed by atoms with van der Waals surface area (Å²) in [6.07, 6.45) is -3.82. The van der Waals surface area contributed by atoms with Gasteiger partial charge < -0.3 is 30.9 Å². The highest BCUT2D eigenvalue weighted by molar-refractivity contribution is 5.81. The van der Waals surface area contributed by atoms with Crippen LogP contribution in [0.3, 0.4) is 0 Å². The molecule has 6 N–H and O–H groups in total. The molecule has 21 heavy (non-hydrogen) atoms. The molecular formula is C11H15N5O5. The van der Waals surface area contributed by atoms with Crippen LogP contribution in [0, 0.1) is 0 Å². The molecule has 10 nitrogen and oxygen atoms in total. The fraction of sp³-hybridized carbons (Fsp3) is 0.545. The average molecular weight is 297 g/mol. The van der Waals surface area contributed by atoms with Gasteiger partial charge in [-0.3, -0.25) is 4.57 Å². The third-order valence-corrected chi connectivity index (χ3v) is 3.53. The zero-order chi connectivity index (χ0) is 15.1. The van der Waals surface area contributed by atoms with E-state index in [-0.39, 0.29) is 5.82 Å². The number of anilines is 1.